The number of carbonyl (C=O) groups is 3. The molecule has 0 fully saturated rings. The van der Waals surface area contributed by atoms with E-state index in [0.717, 1.165) is 0 Å². The van der Waals surface area contributed by atoms with Crippen molar-refractivity contribution in [3.05, 3.63) is 65.7 Å². The Morgan fingerprint density at radius 3 is 2.45 bits per heavy atom. The molecule has 0 unspecified atom stereocenters. The van der Waals surface area contributed by atoms with Crippen LogP contribution in [0.1, 0.15) is 36.4 Å². The van der Waals surface area contributed by atoms with Crippen LogP contribution in [-0.4, -0.2) is 37.0 Å². The standard InChI is InChI=1S/C24H25FN2O6/c1-15(2)31-13-19-18-5-3-4-6-20(18)33-23(19)24(30)32-14-22(29)27(12-11-21(26)28)17-9-7-16(25)8-10-17/h3-10,15H,11-14H2,1-2H3,(H2,26,28). The summed E-state index contributed by atoms with van der Waals surface area (Å²) >= 11 is 0. The second-order valence-electron chi connectivity index (χ2n) is 7.58. The van der Waals surface area contributed by atoms with Crippen molar-refractivity contribution in [2.45, 2.75) is 33.0 Å². The number of para-hydroxylation sites is 1. The summed E-state index contributed by atoms with van der Waals surface area (Å²) in [5.41, 5.74) is 6.56. The molecule has 0 saturated carbocycles. The lowest BCUT2D eigenvalue weighted by Crippen LogP contribution is -2.37. The van der Waals surface area contributed by atoms with Crippen LogP contribution in [0.3, 0.4) is 0 Å². The number of furan rings is 1. The summed E-state index contributed by atoms with van der Waals surface area (Å²) in [6.07, 6.45) is -0.184. The Bertz CT molecular complexity index is 1140. The first-order chi connectivity index (χ1) is 15.8. The maximum absolute atomic E-state index is 13.3. The molecule has 1 heterocycles. The van der Waals surface area contributed by atoms with Gasteiger partial charge in [-0.15, -0.1) is 0 Å². The largest absolute Gasteiger partial charge is 0.450 e. The van der Waals surface area contributed by atoms with Crippen molar-refractivity contribution in [2.75, 3.05) is 18.1 Å². The van der Waals surface area contributed by atoms with Crippen LogP contribution in [0.25, 0.3) is 11.0 Å². The number of carbonyl (C=O) groups excluding carboxylic acids is 3. The highest BCUT2D eigenvalue weighted by atomic mass is 19.1. The van der Waals surface area contributed by atoms with Crippen molar-refractivity contribution in [3.63, 3.8) is 0 Å². The number of amides is 2. The Morgan fingerprint density at radius 1 is 1.09 bits per heavy atom. The molecule has 0 saturated heterocycles. The van der Waals surface area contributed by atoms with E-state index in [1.165, 1.54) is 29.2 Å². The fourth-order valence-electron chi connectivity index (χ4n) is 3.17. The Labute approximate surface area is 190 Å². The van der Waals surface area contributed by atoms with Crippen molar-refractivity contribution < 1.29 is 32.7 Å². The minimum atomic E-state index is -0.823. The monoisotopic (exact) mass is 456 g/mol. The van der Waals surface area contributed by atoms with E-state index in [9.17, 15) is 18.8 Å². The van der Waals surface area contributed by atoms with E-state index in [1.807, 2.05) is 19.9 Å². The average Bonchev–Trinajstić information content (AvgIpc) is 3.15. The van der Waals surface area contributed by atoms with Gasteiger partial charge >= 0.3 is 5.97 Å². The maximum Gasteiger partial charge on any atom is 0.375 e. The van der Waals surface area contributed by atoms with Gasteiger partial charge in [0.1, 0.15) is 11.4 Å². The molecular weight excluding hydrogens is 431 g/mol. The van der Waals surface area contributed by atoms with E-state index < -0.39 is 30.2 Å². The number of primary amides is 1. The van der Waals surface area contributed by atoms with Gasteiger partial charge in [-0.2, -0.15) is 0 Å². The van der Waals surface area contributed by atoms with Gasteiger partial charge in [-0.1, -0.05) is 18.2 Å². The van der Waals surface area contributed by atoms with Crippen molar-refractivity contribution in [1.82, 2.24) is 0 Å². The summed E-state index contributed by atoms with van der Waals surface area (Å²) in [7, 11) is 0. The number of nitrogens with two attached hydrogens (primary N) is 1. The van der Waals surface area contributed by atoms with Crippen LogP contribution in [0.2, 0.25) is 0 Å². The Hall–Kier alpha value is -3.72. The number of rotatable bonds is 10. The number of hydrogen-bond donors (Lipinski definition) is 1. The molecule has 2 aromatic carbocycles. The Kier molecular flexibility index (Phi) is 7.78. The predicted molar refractivity (Wildman–Crippen MR) is 119 cm³/mol. The topological polar surface area (TPSA) is 112 Å². The van der Waals surface area contributed by atoms with Crippen LogP contribution in [0.15, 0.2) is 52.9 Å². The van der Waals surface area contributed by atoms with Gasteiger partial charge in [0.15, 0.2) is 6.61 Å². The molecule has 0 atom stereocenters. The lowest BCUT2D eigenvalue weighted by atomic mass is 10.1. The molecular formula is C24H25FN2O6. The Balaban J connectivity index is 1.77. The lowest BCUT2D eigenvalue weighted by molar-refractivity contribution is -0.122. The van der Waals surface area contributed by atoms with E-state index in [1.54, 1.807) is 18.2 Å². The summed E-state index contributed by atoms with van der Waals surface area (Å²) in [6.45, 7) is 3.21. The molecule has 1 aromatic heterocycles. The quantitative estimate of drug-likeness (QED) is 0.467. The van der Waals surface area contributed by atoms with Gasteiger partial charge in [0.2, 0.25) is 11.7 Å². The third-order valence-electron chi connectivity index (χ3n) is 4.79. The minimum absolute atomic E-state index is 0.0462. The zero-order valence-electron chi connectivity index (χ0n) is 18.4. The summed E-state index contributed by atoms with van der Waals surface area (Å²) < 4.78 is 29.8. The van der Waals surface area contributed by atoms with Crippen LogP contribution in [0.5, 0.6) is 0 Å². The van der Waals surface area contributed by atoms with E-state index in [2.05, 4.69) is 0 Å². The SMILES string of the molecule is CC(C)OCc1c(C(=O)OCC(=O)N(CCC(N)=O)c2ccc(F)cc2)oc2ccccc12. The molecule has 2 N–H and O–H groups in total. The van der Waals surface area contributed by atoms with Gasteiger partial charge in [-0.3, -0.25) is 9.59 Å². The minimum Gasteiger partial charge on any atom is -0.450 e. The fraction of sp³-hybridized carbons (Fsp3) is 0.292. The smallest absolute Gasteiger partial charge is 0.375 e. The van der Waals surface area contributed by atoms with Crippen LogP contribution in [-0.2, 0) is 25.7 Å². The van der Waals surface area contributed by atoms with Gasteiger partial charge < -0.3 is 24.5 Å². The van der Waals surface area contributed by atoms with Crippen LogP contribution >= 0.6 is 0 Å². The second-order valence-corrected chi connectivity index (χ2v) is 7.58. The normalized spacial score (nSPS) is 11.0. The number of halogens is 1. The lowest BCUT2D eigenvalue weighted by Gasteiger charge is -2.22. The third kappa shape index (κ3) is 6.17. The van der Waals surface area contributed by atoms with Gasteiger partial charge in [-0.05, 0) is 44.2 Å². The van der Waals surface area contributed by atoms with Gasteiger partial charge in [0, 0.05) is 29.6 Å². The van der Waals surface area contributed by atoms with E-state index >= 15 is 0 Å². The molecule has 0 aliphatic heterocycles. The molecule has 33 heavy (non-hydrogen) atoms. The van der Waals surface area contributed by atoms with Crippen molar-refractivity contribution in [3.8, 4) is 0 Å². The van der Waals surface area contributed by atoms with Crippen molar-refractivity contribution in [2.24, 2.45) is 5.73 Å². The molecule has 0 aliphatic carbocycles. The van der Waals surface area contributed by atoms with E-state index in [4.69, 9.17) is 19.6 Å². The highest BCUT2D eigenvalue weighted by Gasteiger charge is 2.25. The molecule has 9 heteroatoms. The average molecular weight is 456 g/mol. The highest BCUT2D eigenvalue weighted by Crippen LogP contribution is 2.27. The molecule has 0 radical (unpaired) electrons. The van der Waals surface area contributed by atoms with Crippen LogP contribution < -0.4 is 10.6 Å². The molecule has 3 rings (SSSR count). The number of fused-ring (bicyclic) bond motifs is 1. The second kappa shape index (κ2) is 10.7. The van der Waals surface area contributed by atoms with Crippen molar-refractivity contribution in [1.29, 1.82) is 0 Å². The first kappa shape index (κ1) is 23.9. The maximum atomic E-state index is 13.3. The van der Waals surface area contributed by atoms with Gasteiger partial charge in [-0.25, -0.2) is 9.18 Å². The predicted octanol–water partition coefficient (Wildman–Crippen LogP) is 3.56. The molecule has 3 aromatic rings. The van der Waals surface area contributed by atoms with Gasteiger partial charge in [0.05, 0.1) is 12.7 Å². The van der Waals surface area contributed by atoms with Crippen LogP contribution in [0, 0.1) is 5.82 Å². The third-order valence-corrected chi connectivity index (χ3v) is 4.79. The van der Waals surface area contributed by atoms with E-state index in [-0.39, 0.29) is 31.4 Å². The summed E-state index contributed by atoms with van der Waals surface area (Å²) in [6, 6.07) is 12.2. The molecule has 174 valence electrons. The molecule has 2 amide bonds. The summed E-state index contributed by atoms with van der Waals surface area (Å²) in [5.74, 6) is -2.56. The first-order valence-electron chi connectivity index (χ1n) is 10.4. The Morgan fingerprint density at radius 2 is 1.79 bits per heavy atom. The molecule has 0 bridgehead atoms. The summed E-state index contributed by atoms with van der Waals surface area (Å²) in [5, 5.41) is 0.714. The molecule has 0 spiro atoms. The number of anilines is 1. The summed E-state index contributed by atoms with van der Waals surface area (Å²) in [4.78, 5) is 38.0. The molecule has 0 aliphatic rings. The van der Waals surface area contributed by atoms with Gasteiger partial charge in [0.25, 0.3) is 5.91 Å². The van der Waals surface area contributed by atoms with E-state index in [0.29, 0.717) is 22.2 Å². The number of nitrogens with zero attached hydrogens (tertiary/aromatic N) is 1. The number of esters is 1. The first-order valence-corrected chi connectivity index (χ1v) is 10.4. The zero-order chi connectivity index (χ0) is 24.0. The van der Waals surface area contributed by atoms with Crippen molar-refractivity contribution >= 4 is 34.4 Å². The van der Waals surface area contributed by atoms with Crippen LogP contribution in [0.4, 0.5) is 10.1 Å². The molecule has 8 nitrogen and oxygen atoms in total. The highest BCUT2D eigenvalue weighted by molar-refractivity contribution is 5.99. The number of ether oxygens (including phenoxy) is 2. The zero-order valence-corrected chi connectivity index (χ0v) is 18.4. The number of benzene rings is 2. The fourth-order valence-corrected chi connectivity index (χ4v) is 3.17. The number of hydrogen-bond acceptors (Lipinski definition) is 6.